The van der Waals surface area contributed by atoms with E-state index >= 15 is 0 Å². The summed E-state index contributed by atoms with van der Waals surface area (Å²) in [6.07, 6.45) is 2.28. The van der Waals surface area contributed by atoms with E-state index in [1.54, 1.807) is 19.1 Å². The molecule has 0 unspecified atom stereocenters. The van der Waals surface area contributed by atoms with Crippen LogP contribution in [0.3, 0.4) is 0 Å². The first-order chi connectivity index (χ1) is 12.3. The van der Waals surface area contributed by atoms with Gasteiger partial charge < -0.3 is 10.1 Å². The van der Waals surface area contributed by atoms with Gasteiger partial charge in [-0.05, 0) is 42.7 Å². The van der Waals surface area contributed by atoms with Crippen LogP contribution in [0.2, 0.25) is 0 Å². The SMILES string of the molecule is COc1ccc(CCNC(=O)/C(C)=C/c2ccccc2)cc1S(N)(=O)=O. The zero-order chi connectivity index (χ0) is 19.2. The van der Waals surface area contributed by atoms with Gasteiger partial charge in [0.1, 0.15) is 10.6 Å². The van der Waals surface area contributed by atoms with Crippen LogP contribution in [0.5, 0.6) is 5.75 Å². The van der Waals surface area contributed by atoms with Crippen LogP contribution < -0.4 is 15.2 Å². The molecule has 3 N–H and O–H groups in total. The quantitative estimate of drug-likeness (QED) is 0.725. The molecule has 1 amide bonds. The lowest BCUT2D eigenvalue weighted by Crippen LogP contribution is -2.26. The number of nitrogens with two attached hydrogens (primary N) is 1. The number of benzene rings is 2. The summed E-state index contributed by atoms with van der Waals surface area (Å²) >= 11 is 0. The molecule has 2 aromatic carbocycles. The van der Waals surface area contributed by atoms with Crippen molar-refractivity contribution in [2.45, 2.75) is 18.2 Å². The first kappa shape index (κ1) is 19.7. The van der Waals surface area contributed by atoms with Crippen molar-refractivity contribution in [2.75, 3.05) is 13.7 Å². The lowest BCUT2D eigenvalue weighted by atomic mass is 10.1. The molecule has 26 heavy (non-hydrogen) atoms. The highest BCUT2D eigenvalue weighted by molar-refractivity contribution is 7.89. The number of rotatable bonds is 7. The van der Waals surface area contributed by atoms with Crippen LogP contribution in [-0.4, -0.2) is 28.0 Å². The Morgan fingerprint density at radius 1 is 1.19 bits per heavy atom. The topological polar surface area (TPSA) is 98.5 Å². The minimum atomic E-state index is -3.88. The number of sulfonamides is 1. The van der Waals surface area contributed by atoms with E-state index in [0.717, 1.165) is 11.1 Å². The van der Waals surface area contributed by atoms with E-state index in [0.29, 0.717) is 18.5 Å². The van der Waals surface area contributed by atoms with Crippen molar-refractivity contribution < 1.29 is 17.9 Å². The molecule has 7 heteroatoms. The molecule has 6 nitrogen and oxygen atoms in total. The Labute approximate surface area is 153 Å². The molecule has 2 aromatic rings. The predicted octanol–water partition coefficient (Wildman–Crippen LogP) is 2.10. The fraction of sp³-hybridized carbons (Fsp3) is 0.211. The zero-order valence-electron chi connectivity index (χ0n) is 14.7. The first-order valence-electron chi connectivity index (χ1n) is 8.02. The van der Waals surface area contributed by atoms with E-state index in [2.05, 4.69) is 5.32 Å². The monoisotopic (exact) mass is 374 g/mol. The van der Waals surface area contributed by atoms with Crippen molar-refractivity contribution in [3.05, 3.63) is 65.2 Å². The van der Waals surface area contributed by atoms with E-state index in [-0.39, 0.29) is 16.6 Å². The van der Waals surface area contributed by atoms with Gasteiger partial charge >= 0.3 is 0 Å². The van der Waals surface area contributed by atoms with Gasteiger partial charge in [0.25, 0.3) is 0 Å². The van der Waals surface area contributed by atoms with Crippen LogP contribution in [0, 0.1) is 0 Å². The Hall–Kier alpha value is -2.64. The Morgan fingerprint density at radius 2 is 1.88 bits per heavy atom. The average molecular weight is 374 g/mol. The maximum Gasteiger partial charge on any atom is 0.246 e. The molecule has 0 spiro atoms. The van der Waals surface area contributed by atoms with Crippen LogP contribution in [0.15, 0.2) is 59.0 Å². The number of amides is 1. The largest absolute Gasteiger partial charge is 0.495 e. The van der Waals surface area contributed by atoms with Gasteiger partial charge in [-0.15, -0.1) is 0 Å². The fourth-order valence-corrected chi connectivity index (χ4v) is 3.17. The Bertz CT molecular complexity index is 906. The normalized spacial score (nSPS) is 11.9. The number of carbonyl (C=O) groups excluding carboxylic acids is 1. The van der Waals surface area contributed by atoms with Crippen LogP contribution in [0.4, 0.5) is 0 Å². The van der Waals surface area contributed by atoms with Crippen LogP contribution >= 0.6 is 0 Å². The standard InChI is InChI=1S/C19H22N2O4S/c1-14(12-15-6-4-3-5-7-15)19(22)21-11-10-16-8-9-17(25-2)18(13-16)26(20,23)24/h3-9,12-13H,10-11H2,1-2H3,(H,21,22)(H2,20,23,24)/b14-12+. The fourth-order valence-electron chi connectivity index (χ4n) is 2.42. The molecule has 2 rings (SSSR count). The number of hydrogen-bond acceptors (Lipinski definition) is 4. The summed E-state index contributed by atoms with van der Waals surface area (Å²) in [5.41, 5.74) is 2.28. The van der Waals surface area contributed by atoms with Crippen molar-refractivity contribution in [2.24, 2.45) is 5.14 Å². The van der Waals surface area contributed by atoms with E-state index in [9.17, 15) is 13.2 Å². The molecule has 138 valence electrons. The molecule has 0 aromatic heterocycles. The zero-order valence-corrected chi connectivity index (χ0v) is 15.5. The smallest absolute Gasteiger partial charge is 0.246 e. The van der Waals surface area contributed by atoms with Gasteiger partial charge in [0.15, 0.2) is 0 Å². The second kappa shape index (κ2) is 8.64. The molecule has 0 fully saturated rings. The van der Waals surface area contributed by atoms with E-state index in [1.807, 2.05) is 36.4 Å². The molecule has 0 saturated heterocycles. The Morgan fingerprint density at radius 3 is 2.50 bits per heavy atom. The maximum absolute atomic E-state index is 12.1. The molecular weight excluding hydrogens is 352 g/mol. The summed E-state index contributed by atoms with van der Waals surface area (Å²) in [6.45, 7) is 2.12. The molecular formula is C19H22N2O4S. The van der Waals surface area contributed by atoms with Gasteiger partial charge in [-0.3, -0.25) is 4.79 Å². The third-order valence-electron chi connectivity index (χ3n) is 3.77. The maximum atomic E-state index is 12.1. The second-order valence-electron chi connectivity index (χ2n) is 5.77. The summed E-state index contributed by atoms with van der Waals surface area (Å²) in [7, 11) is -2.50. The lowest BCUT2D eigenvalue weighted by molar-refractivity contribution is -0.117. The van der Waals surface area contributed by atoms with E-state index in [4.69, 9.17) is 9.88 Å². The highest BCUT2D eigenvalue weighted by Crippen LogP contribution is 2.23. The highest BCUT2D eigenvalue weighted by Gasteiger charge is 2.15. The number of ether oxygens (including phenoxy) is 1. The summed E-state index contributed by atoms with van der Waals surface area (Å²) in [5.74, 6) is 0.0240. The second-order valence-corrected chi connectivity index (χ2v) is 7.30. The van der Waals surface area contributed by atoms with Crippen LogP contribution in [0.25, 0.3) is 6.08 Å². The van der Waals surface area contributed by atoms with Gasteiger partial charge in [0.05, 0.1) is 7.11 Å². The predicted molar refractivity (Wildman–Crippen MR) is 101 cm³/mol. The average Bonchev–Trinajstić information content (AvgIpc) is 2.61. The molecule has 0 atom stereocenters. The molecule has 0 bridgehead atoms. The number of carbonyl (C=O) groups is 1. The molecule has 0 aliphatic heterocycles. The highest BCUT2D eigenvalue weighted by atomic mass is 32.2. The third-order valence-corrected chi connectivity index (χ3v) is 4.71. The lowest BCUT2D eigenvalue weighted by Gasteiger charge is -2.10. The van der Waals surface area contributed by atoms with E-state index < -0.39 is 10.0 Å². The van der Waals surface area contributed by atoms with Gasteiger partial charge in [0.2, 0.25) is 15.9 Å². The van der Waals surface area contributed by atoms with Crippen molar-refractivity contribution in [1.82, 2.24) is 5.32 Å². The molecule has 0 saturated carbocycles. The van der Waals surface area contributed by atoms with Crippen molar-refractivity contribution in [3.8, 4) is 5.75 Å². The summed E-state index contributed by atoms with van der Waals surface area (Å²) in [4.78, 5) is 12.1. The number of hydrogen-bond donors (Lipinski definition) is 2. The summed E-state index contributed by atoms with van der Waals surface area (Å²) < 4.78 is 28.3. The van der Waals surface area contributed by atoms with Gasteiger partial charge in [-0.1, -0.05) is 36.4 Å². The Kier molecular flexibility index (Phi) is 6.54. The minimum absolute atomic E-state index is 0.0658. The van der Waals surface area contributed by atoms with Crippen LogP contribution in [0.1, 0.15) is 18.1 Å². The number of primary sulfonamides is 1. The minimum Gasteiger partial charge on any atom is -0.495 e. The third kappa shape index (κ3) is 5.44. The van der Waals surface area contributed by atoms with E-state index in [1.165, 1.54) is 13.2 Å². The van der Waals surface area contributed by atoms with Crippen molar-refractivity contribution in [1.29, 1.82) is 0 Å². The molecule has 0 aliphatic carbocycles. The molecule has 0 aliphatic rings. The summed E-state index contributed by atoms with van der Waals surface area (Å²) in [5, 5.41) is 8.03. The molecule has 0 radical (unpaired) electrons. The van der Waals surface area contributed by atoms with Gasteiger partial charge in [0, 0.05) is 12.1 Å². The van der Waals surface area contributed by atoms with Crippen molar-refractivity contribution >= 4 is 22.0 Å². The number of nitrogens with one attached hydrogen (secondary N) is 1. The van der Waals surface area contributed by atoms with Gasteiger partial charge in [-0.2, -0.15) is 0 Å². The van der Waals surface area contributed by atoms with Crippen LogP contribution in [-0.2, 0) is 21.2 Å². The molecule has 0 heterocycles. The van der Waals surface area contributed by atoms with Crippen molar-refractivity contribution in [3.63, 3.8) is 0 Å². The Balaban J connectivity index is 1.99. The first-order valence-corrected chi connectivity index (χ1v) is 9.57. The van der Waals surface area contributed by atoms with Gasteiger partial charge in [-0.25, -0.2) is 13.6 Å². The number of methoxy groups -OCH3 is 1. The summed E-state index contributed by atoms with van der Waals surface area (Å²) in [6, 6.07) is 14.3.